The second-order valence-electron chi connectivity index (χ2n) is 4.56. The first-order chi connectivity index (χ1) is 9.13. The van der Waals surface area contributed by atoms with Crippen LogP contribution in [0.2, 0.25) is 0 Å². The van der Waals surface area contributed by atoms with Gasteiger partial charge >= 0.3 is 0 Å². The van der Waals surface area contributed by atoms with Gasteiger partial charge in [-0.1, -0.05) is 19.1 Å². The van der Waals surface area contributed by atoms with Crippen LogP contribution >= 0.6 is 0 Å². The molecule has 0 aliphatic heterocycles. The number of aromatic nitrogens is 1. The third-order valence-corrected chi connectivity index (χ3v) is 3.11. The zero-order chi connectivity index (χ0) is 13.8. The maximum Gasteiger partial charge on any atom is 0.295 e. The summed E-state index contributed by atoms with van der Waals surface area (Å²) in [6.07, 6.45) is 2.42. The molecule has 1 aromatic heterocycles. The molecule has 5 nitrogen and oxygen atoms in total. The fraction of sp³-hybridized carbons (Fsp3) is 0.357. The lowest BCUT2D eigenvalue weighted by Gasteiger charge is -2.13. The summed E-state index contributed by atoms with van der Waals surface area (Å²) in [5, 5.41) is 15.2. The predicted molar refractivity (Wildman–Crippen MR) is 75.2 cm³/mol. The molecule has 2 aromatic rings. The molecule has 1 unspecified atom stereocenters. The van der Waals surface area contributed by atoms with Gasteiger partial charge in [-0.3, -0.25) is 10.1 Å². The number of hydrogen-bond donors (Lipinski definition) is 1. The van der Waals surface area contributed by atoms with Crippen LogP contribution in [0.1, 0.15) is 19.4 Å². The number of nitro benzene ring substituents is 1. The van der Waals surface area contributed by atoms with Crippen molar-refractivity contribution in [2.75, 3.05) is 6.54 Å². The van der Waals surface area contributed by atoms with Gasteiger partial charge in [-0.15, -0.1) is 0 Å². The molecule has 0 fully saturated rings. The fourth-order valence-corrected chi connectivity index (χ4v) is 2.29. The van der Waals surface area contributed by atoms with Gasteiger partial charge in [-0.05, 0) is 31.5 Å². The number of benzene rings is 1. The highest BCUT2D eigenvalue weighted by Gasteiger charge is 2.16. The molecule has 1 atom stereocenters. The number of non-ortho nitro benzene ring substituents is 1. The SMILES string of the molecule is CCNC(C)Cc1ccc([N+](=O)[O-])c2ncccc12. The maximum atomic E-state index is 11.0. The second-order valence-corrected chi connectivity index (χ2v) is 4.56. The van der Waals surface area contributed by atoms with Gasteiger partial charge in [0.2, 0.25) is 0 Å². The average Bonchev–Trinajstić information content (AvgIpc) is 2.39. The van der Waals surface area contributed by atoms with Crippen LogP contribution in [0, 0.1) is 10.1 Å². The number of nitrogens with zero attached hydrogens (tertiary/aromatic N) is 2. The first-order valence-corrected chi connectivity index (χ1v) is 6.38. The van der Waals surface area contributed by atoms with E-state index in [1.54, 1.807) is 12.3 Å². The van der Waals surface area contributed by atoms with E-state index < -0.39 is 0 Å². The quantitative estimate of drug-likeness (QED) is 0.662. The summed E-state index contributed by atoms with van der Waals surface area (Å²) in [5.41, 5.74) is 1.62. The van der Waals surface area contributed by atoms with Crippen LogP contribution in [0.4, 0.5) is 5.69 Å². The van der Waals surface area contributed by atoms with Crippen molar-refractivity contribution in [2.45, 2.75) is 26.3 Å². The minimum atomic E-state index is -0.382. The van der Waals surface area contributed by atoms with Gasteiger partial charge < -0.3 is 5.32 Å². The van der Waals surface area contributed by atoms with Gasteiger partial charge in [0.15, 0.2) is 0 Å². The zero-order valence-electron chi connectivity index (χ0n) is 11.1. The van der Waals surface area contributed by atoms with Gasteiger partial charge in [-0.2, -0.15) is 0 Å². The molecule has 0 saturated heterocycles. The van der Waals surface area contributed by atoms with E-state index in [0.29, 0.717) is 11.6 Å². The van der Waals surface area contributed by atoms with Gasteiger partial charge in [0.1, 0.15) is 5.52 Å². The van der Waals surface area contributed by atoms with E-state index in [-0.39, 0.29) is 10.6 Å². The van der Waals surface area contributed by atoms with E-state index in [4.69, 9.17) is 0 Å². The van der Waals surface area contributed by atoms with Crippen molar-refractivity contribution in [1.82, 2.24) is 10.3 Å². The highest BCUT2D eigenvalue weighted by Crippen LogP contribution is 2.27. The van der Waals surface area contributed by atoms with Crippen LogP contribution in [0.15, 0.2) is 30.5 Å². The largest absolute Gasteiger partial charge is 0.314 e. The van der Waals surface area contributed by atoms with Crippen molar-refractivity contribution in [2.24, 2.45) is 0 Å². The lowest BCUT2D eigenvalue weighted by molar-refractivity contribution is -0.383. The van der Waals surface area contributed by atoms with E-state index in [0.717, 1.165) is 23.9 Å². The summed E-state index contributed by atoms with van der Waals surface area (Å²) < 4.78 is 0. The molecule has 0 bridgehead atoms. The molecule has 19 heavy (non-hydrogen) atoms. The molecule has 5 heteroatoms. The monoisotopic (exact) mass is 259 g/mol. The smallest absolute Gasteiger partial charge is 0.295 e. The Morgan fingerprint density at radius 3 is 2.89 bits per heavy atom. The molecule has 1 N–H and O–H groups in total. The van der Waals surface area contributed by atoms with Gasteiger partial charge in [-0.25, -0.2) is 4.98 Å². The Labute approximate surface area is 111 Å². The Hall–Kier alpha value is -2.01. The van der Waals surface area contributed by atoms with E-state index in [1.165, 1.54) is 0 Å². The Morgan fingerprint density at radius 2 is 2.21 bits per heavy atom. The Balaban J connectivity index is 2.46. The number of nitro groups is 1. The summed E-state index contributed by atoms with van der Waals surface area (Å²) in [7, 11) is 0. The number of likely N-dealkylation sites (N-methyl/N-ethyl adjacent to an activating group) is 1. The van der Waals surface area contributed by atoms with Crippen molar-refractivity contribution in [3.63, 3.8) is 0 Å². The van der Waals surface area contributed by atoms with Crippen molar-refractivity contribution in [3.05, 3.63) is 46.1 Å². The molecule has 0 aliphatic carbocycles. The van der Waals surface area contributed by atoms with Crippen LogP contribution in [0.5, 0.6) is 0 Å². The number of fused-ring (bicyclic) bond motifs is 1. The number of nitrogens with one attached hydrogen (secondary N) is 1. The first-order valence-electron chi connectivity index (χ1n) is 6.38. The third-order valence-electron chi connectivity index (χ3n) is 3.11. The highest BCUT2D eigenvalue weighted by atomic mass is 16.6. The van der Waals surface area contributed by atoms with E-state index in [1.807, 2.05) is 18.2 Å². The average molecular weight is 259 g/mol. The Bertz CT molecular complexity index is 598. The lowest BCUT2D eigenvalue weighted by atomic mass is 10.0. The Morgan fingerprint density at radius 1 is 1.42 bits per heavy atom. The fourth-order valence-electron chi connectivity index (χ4n) is 2.29. The van der Waals surface area contributed by atoms with E-state index in [2.05, 4.69) is 24.1 Å². The van der Waals surface area contributed by atoms with Crippen molar-refractivity contribution < 1.29 is 4.92 Å². The molecular weight excluding hydrogens is 242 g/mol. The normalized spacial score (nSPS) is 12.5. The molecule has 0 saturated carbocycles. The molecule has 0 aliphatic rings. The van der Waals surface area contributed by atoms with Crippen molar-refractivity contribution in [1.29, 1.82) is 0 Å². The van der Waals surface area contributed by atoms with Crippen LogP contribution in [-0.4, -0.2) is 22.5 Å². The zero-order valence-corrected chi connectivity index (χ0v) is 11.1. The maximum absolute atomic E-state index is 11.0. The van der Waals surface area contributed by atoms with Crippen LogP contribution in [0.3, 0.4) is 0 Å². The van der Waals surface area contributed by atoms with Crippen LogP contribution in [-0.2, 0) is 6.42 Å². The minimum Gasteiger partial charge on any atom is -0.314 e. The van der Waals surface area contributed by atoms with Gasteiger partial charge in [0.05, 0.1) is 4.92 Å². The topological polar surface area (TPSA) is 68.1 Å². The second kappa shape index (κ2) is 5.75. The van der Waals surface area contributed by atoms with Gasteiger partial charge in [0.25, 0.3) is 5.69 Å². The minimum absolute atomic E-state index is 0.0652. The molecule has 0 radical (unpaired) electrons. The van der Waals surface area contributed by atoms with Crippen molar-refractivity contribution >= 4 is 16.6 Å². The standard InChI is InChI=1S/C14H17N3O2/c1-3-15-10(2)9-11-6-7-13(17(18)19)14-12(11)5-4-8-16-14/h4-8,10,15H,3,9H2,1-2H3. The number of hydrogen-bond acceptors (Lipinski definition) is 4. The van der Waals surface area contributed by atoms with E-state index >= 15 is 0 Å². The lowest BCUT2D eigenvalue weighted by Crippen LogP contribution is -2.27. The molecule has 0 spiro atoms. The molecule has 100 valence electrons. The summed E-state index contributed by atoms with van der Waals surface area (Å²) in [6, 6.07) is 7.41. The molecule has 1 aromatic carbocycles. The predicted octanol–water partition coefficient (Wildman–Crippen LogP) is 2.68. The summed E-state index contributed by atoms with van der Waals surface area (Å²) in [5.74, 6) is 0. The number of rotatable bonds is 5. The molecule has 2 rings (SSSR count). The van der Waals surface area contributed by atoms with Gasteiger partial charge in [0, 0.05) is 23.7 Å². The molecule has 0 amide bonds. The number of pyridine rings is 1. The van der Waals surface area contributed by atoms with Crippen LogP contribution < -0.4 is 5.32 Å². The third kappa shape index (κ3) is 2.88. The molecular formula is C14H17N3O2. The Kier molecular flexibility index (Phi) is 4.06. The summed E-state index contributed by atoms with van der Waals surface area (Å²) >= 11 is 0. The molecule has 1 heterocycles. The summed E-state index contributed by atoms with van der Waals surface area (Å²) in [4.78, 5) is 14.8. The van der Waals surface area contributed by atoms with Crippen LogP contribution in [0.25, 0.3) is 10.9 Å². The van der Waals surface area contributed by atoms with E-state index in [9.17, 15) is 10.1 Å². The highest BCUT2D eigenvalue weighted by molar-refractivity contribution is 5.89. The van der Waals surface area contributed by atoms with Crippen molar-refractivity contribution in [3.8, 4) is 0 Å². The summed E-state index contributed by atoms with van der Waals surface area (Å²) in [6.45, 7) is 5.07. The first kappa shape index (κ1) is 13.4.